The minimum Gasteiger partial charge on any atom is -0.497 e. The average molecular weight is 410 g/mol. The molecular formula is C23H26N2O5. The van der Waals surface area contributed by atoms with Gasteiger partial charge < -0.3 is 23.7 Å². The molecule has 0 spiro atoms. The molecule has 7 heteroatoms. The predicted octanol–water partition coefficient (Wildman–Crippen LogP) is 3.32. The Labute approximate surface area is 175 Å². The quantitative estimate of drug-likeness (QED) is 0.598. The first-order valence-electron chi connectivity index (χ1n) is 9.61. The van der Waals surface area contributed by atoms with Crippen LogP contribution in [-0.2, 0) is 13.1 Å². The Morgan fingerprint density at radius 2 is 1.57 bits per heavy atom. The summed E-state index contributed by atoms with van der Waals surface area (Å²) in [5.41, 5.74) is 1.23. The Balaban J connectivity index is 2.07. The number of rotatable bonds is 7. The van der Waals surface area contributed by atoms with E-state index in [1.807, 2.05) is 31.2 Å². The van der Waals surface area contributed by atoms with E-state index in [1.54, 1.807) is 37.4 Å². The van der Waals surface area contributed by atoms with E-state index in [9.17, 15) is 9.59 Å². The summed E-state index contributed by atoms with van der Waals surface area (Å²) in [6, 6.07) is 10.9. The van der Waals surface area contributed by atoms with Crippen molar-refractivity contribution >= 4 is 16.7 Å². The molecular weight excluding hydrogens is 384 g/mol. The van der Waals surface area contributed by atoms with Gasteiger partial charge in [-0.15, -0.1) is 0 Å². The molecule has 0 saturated heterocycles. The van der Waals surface area contributed by atoms with Crippen LogP contribution in [0, 0.1) is 0 Å². The standard InChI is InChI=1S/C23H26N2O5/c1-6-25-14-19(17-11-20(29-4)21(30-5)12-18(17)23(25)27)22(26)24(2)13-15-7-9-16(28-3)10-8-15/h7-12,14H,6,13H2,1-5H3. The first-order chi connectivity index (χ1) is 14.4. The predicted molar refractivity (Wildman–Crippen MR) is 116 cm³/mol. The molecule has 0 unspecified atom stereocenters. The zero-order valence-electron chi connectivity index (χ0n) is 17.9. The number of benzene rings is 2. The van der Waals surface area contributed by atoms with Crippen molar-refractivity contribution in [2.24, 2.45) is 0 Å². The smallest absolute Gasteiger partial charge is 0.258 e. The number of pyridine rings is 1. The van der Waals surface area contributed by atoms with Crippen molar-refractivity contribution in [2.75, 3.05) is 28.4 Å². The highest BCUT2D eigenvalue weighted by atomic mass is 16.5. The van der Waals surface area contributed by atoms with E-state index in [1.165, 1.54) is 18.8 Å². The molecule has 0 saturated carbocycles. The zero-order chi connectivity index (χ0) is 21.8. The summed E-state index contributed by atoms with van der Waals surface area (Å²) in [5.74, 6) is 1.48. The molecule has 1 amide bonds. The van der Waals surface area contributed by atoms with Crippen molar-refractivity contribution in [1.82, 2.24) is 9.47 Å². The van der Waals surface area contributed by atoms with E-state index < -0.39 is 0 Å². The number of aromatic nitrogens is 1. The monoisotopic (exact) mass is 410 g/mol. The number of fused-ring (bicyclic) bond motifs is 1. The molecule has 0 fully saturated rings. The lowest BCUT2D eigenvalue weighted by atomic mass is 10.0. The van der Waals surface area contributed by atoms with E-state index in [2.05, 4.69) is 0 Å². The van der Waals surface area contributed by atoms with Gasteiger partial charge in [0.15, 0.2) is 11.5 Å². The Bertz CT molecular complexity index is 1120. The van der Waals surface area contributed by atoms with Gasteiger partial charge in [-0.3, -0.25) is 9.59 Å². The lowest BCUT2D eigenvalue weighted by molar-refractivity contribution is 0.0786. The molecule has 3 aromatic rings. The second-order valence-electron chi connectivity index (χ2n) is 6.90. The van der Waals surface area contributed by atoms with Gasteiger partial charge in [-0.05, 0) is 36.8 Å². The second-order valence-corrected chi connectivity index (χ2v) is 6.90. The Kier molecular flexibility index (Phi) is 6.30. The fourth-order valence-corrected chi connectivity index (χ4v) is 3.41. The number of ether oxygens (including phenoxy) is 3. The maximum absolute atomic E-state index is 13.3. The number of carbonyl (C=O) groups excluding carboxylic acids is 1. The van der Waals surface area contributed by atoms with E-state index >= 15 is 0 Å². The number of hydrogen-bond donors (Lipinski definition) is 0. The summed E-state index contributed by atoms with van der Waals surface area (Å²) in [6.07, 6.45) is 1.61. The minimum absolute atomic E-state index is 0.178. The minimum atomic E-state index is -0.190. The van der Waals surface area contributed by atoms with Gasteiger partial charge in [0.1, 0.15) is 5.75 Å². The fraction of sp³-hybridized carbons (Fsp3) is 0.304. The molecule has 2 aromatic carbocycles. The number of methoxy groups -OCH3 is 3. The van der Waals surface area contributed by atoms with Crippen molar-refractivity contribution < 1.29 is 19.0 Å². The van der Waals surface area contributed by atoms with Gasteiger partial charge in [-0.25, -0.2) is 0 Å². The topological polar surface area (TPSA) is 70.0 Å². The summed E-state index contributed by atoms with van der Waals surface area (Å²) in [4.78, 5) is 27.8. The van der Waals surface area contributed by atoms with E-state index in [0.717, 1.165) is 11.3 Å². The lowest BCUT2D eigenvalue weighted by Crippen LogP contribution is -2.29. The van der Waals surface area contributed by atoms with Crippen molar-refractivity contribution in [1.29, 1.82) is 0 Å². The molecule has 1 heterocycles. The normalized spacial score (nSPS) is 10.7. The molecule has 3 rings (SSSR count). The second kappa shape index (κ2) is 8.90. The van der Waals surface area contributed by atoms with E-state index in [-0.39, 0.29) is 11.5 Å². The fourth-order valence-electron chi connectivity index (χ4n) is 3.41. The number of aryl methyl sites for hydroxylation is 1. The van der Waals surface area contributed by atoms with Gasteiger partial charge in [-0.2, -0.15) is 0 Å². The Morgan fingerprint density at radius 3 is 2.10 bits per heavy atom. The number of carbonyl (C=O) groups is 1. The lowest BCUT2D eigenvalue weighted by Gasteiger charge is -2.20. The maximum Gasteiger partial charge on any atom is 0.258 e. The summed E-state index contributed by atoms with van der Waals surface area (Å²) in [6.45, 7) is 2.73. The molecule has 0 aliphatic heterocycles. The van der Waals surface area contributed by atoms with Gasteiger partial charge >= 0.3 is 0 Å². The molecule has 0 aliphatic rings. The third-order valence-corrected chi connectivity index (χ3v) is 5.09. The largest absolute Gasteiger partial charge is 0.497 e. The van der Waals surface area contributed by atoms with Crippen molar-refractivity contribution in [2.45, 2.75) is 20.0 Å². The molecule has 7 nitrogen and oxygen atoms in total. The van der Waals surface area contributed by atoms with Crippen molar-refractivity contribution in [3.63, 3.8) is 0 Å². The highest BCUT2D eigenvalue weighted by Crippen LogP contribution is 2.32. The van der Waals surface area contributed by atoms with Gasteiger partial charge in [0.05, 0.1) is 32.3 Å². The summed E-state index contributed by atoms with van der Waals surface area (Å²) < 4.78 is 17.4. The van der Waals surface area contributed by atoms with Gasteiger partial charge in [-0.1, -0.05) is 12.1 Å². The number of amides is 1. The molecule has 0 radical (unpaired) electrons. The summed E-state index contributed by atoms with van der Waals surface area (Å²) >= 11 is 0. The summed E-state index contributed by atoms with van der Waals surface area (Å²) in [7, 11) is 6.39. The molecule has 0 aliphatic carbocycles. The van der Waals surface area contributed by atoms with Crippen LogP contribution in [0.1, 0.15) is 22.8 Å². The SMILES string of the molecule is CCn1cc(C(=O)N(C)Cc2ccc(OC)cc2)c2cc(OC)c(OC)cc2c1=O. The van der Waals surface area contributed by atoms with E-state index in [4.69, 9.17) is 14.2 Å². The van der Waals surface area contributed by atoms with Gasteiger partial charge in [0, 0.05) is 31.7 Å². The number of hydrogen-bond acceptors (Lipinski definition) is 5. The van der Waals surface area contributed by atoms with Gasteiger partial charge in [0.25, 0.3) is 11.5 Å². The molecule has 0 N–H and O–H groups in total. The average Bonchev–Trinajstić information content (AvgIpc) is 2.78. The van der Waals surface area contributed by atoms with Crippen LogP contribution in [-0.4, -0.2) is 43.8 Å². The van der Waals surface area contributed by atoms with Crippen molar-refractivity contribution in [3.8, 4) is 17.2 Å². The molecule has 1 aromatic heterocycles. The van der Waals surface area contributed by atoms with Crippen LogP contribution in [0.3, 0.4) is 0 Å². The summed E-state index contributed by atoms with van der Waals surface area (Å²) in [5, 5.41) is 0.951. The van der Waals surface area contributed by atoms with Crippen LogP contribution in [0.4, 0.5) is 0 Å². The van der Waals surface area contributed by atoms with Crippen LogP contribution < -0.4 is 19.8 Å². The third kappa shape index (κ3) is 3.96. The first kappa shape index (κ1) is 21.2. The molecule has 0 atom stereocenters. The van der Waals surface area contributed by atoms with Crippen LogP contribution >= 0.6 is 0 Å². The maximum atomic E-state index is 13.3. The Morgan fingerprint density at radius 1 is 0.967 bits per heavy atom. The van der Waals surface area contributed by atoms with Crippen LogP contribution in [0.5, 0.6) is 17.2 Å². The highest BCUT2D eigenvalue weighted by molar-refractivity contribution is 6.07. The Hall–Kier alpha value is -3.48. The third-order valence-electron chi connectivity index (χ3n) is 5.09. The highest BCUT2D eigenvalue weighted by Gasteiger charge is 2.20. The van der Waals surface area contributed by atoms with Crippen LogP contribution in [0.15, 0.2) is 47.4 Å². The van der Waals surface area contributed by atoms with Crippen LogP contribution in [0.25, 0.3) is 10.8 Å². The zero-order valence-corrected chi connectivity index (χ0v) is 17.9. The molecule has 0 bridgehead atoms. The van der Waals surface area contributed by atoms with Gasteiger partial charge in [0.2, 0.25) is 0 Å². The van der Waals surface area contributed by atoms with E-state index in [0.29, 0.717) is 40.9 Å². The molecule has 30 heavy (non-hydrogen) atoms. The van der Waals surface area contributed by atoms with Crippen molar-refractivity contribution in [3.05, 3.63) is 64.1 Å². The molecule has 158 valence electrons. The number of nitrogens with zero attached hydrogens (tertiary/aromatic N) is 2. The first-order valence-corrected chi connectivity index (χ1v) is 9.61. The van der Waals surface area contributed by atoms with Crippen LogP contribution in [0.2, 0.25) is 0 Å².